The highest BCUT2D eigenvalue weighted by Gasteiger charge is 2.16. The lowest BCUT2D eigenvalue weighted by Gasteiger charge is -2.26. The number of hydrogen-bond donors (Lipinski definition) is 1. The molecule has 0 aliphatic carbocycles. The minimum absolute atomic E-state index is 0.114. The normalized spacial score (nSPS) is 14.1. The van der Waals surface area contributed by atoms with Crippen molar-refractivity contribution in [2.75, 3.05) is 38.7 Å². The molecule has 0 bridgehead atoms. The van der Waals surface area contributed by atoms with Crippen molar-refractivity contribution in [3.8, 4) is 17.2 Å². The highest BCUT2D eigenvalue weighted by molar-refractivity contribution is 5.89. The SMILES string of the molecule is COc1ccccc1Oc1ccc(NC(=O)N2CCOCC2)cc1. The average molecular weight is 328 g/mol. The second-order valence-electron chi connectivity index (χ2n) is 5.31. The molecule has 2 aromatic carbocycles. The van der Waals surface area contributed by atoms with Gasteiger partial charge in [0.25, 0.3) is 0 Å². The molecule has 6 heteroatoms. The van der Waals surface area contributed by atoms with Crippen molar-refractivity contribution in [3.05, 3.63) is 48.5 Å². The molecule has 2 aromatic rings. The number of ether oxygens (including phenoxy) is 3. The Balaban J connectivity index is 1.61. The Labute approximate surface area is 140 Å². The first kappa shape index (κ1) is 16.1. The molecule has 126 valence electrons. The summed E-state index contributed by atoms with van der Waals surface area (Å²) in [5.41, 5.74) is 0.721. The van der Waals surface area contributed by atoms with E-state index in [9.17, 15) is 4.79 Å². The predicted molar refractivity (Wildman–Crippen MR) is 90.9 cm³/mol. The molecule has 1 saturated heterocycles. The van der Waals surface area contributed by atoms with Gasteiger partial charge in [-0.15, -0.1) is 0 Å². The van der Waals surface area contributed by atoms with Crippen LogP contribution >= 0.6 is 0 Å². The highest BCUT2D eigenvalue weighted by atomic mass is 16.5. The van der Waals surface area contributed by atoms with E-state index in [1.54, 1.807) is 24.1 Å². The molecule has 0 spiro atoms. The smallest absolute Gasteiger partial charge is 0.321 e. The summed E-state index contributed by atoms with van der Waals surface area (Å²) in [5.74, 6) is 1.98. The summed E-state index contributed by atoms with van der Waals surface area (Å²) < 4.78 is 16.3. The van der Waals surface area contributed by atoms with Crippen LogP contribution in [0.3, 0.4) is 0 Å². The van der Waals surface area contributed by atoms with Crippen LogP contribution in [-0.2, 0) is 4.74 Å². The summed E-state index contributed by atoms with van der Waals surface area (Å²) in [6, 6.07) is 14.6. The fourth-order valence-corrected chi connectivity index (χ4v) is 2.41. The minimum atomic E-state index is -0.114. The maximum absolute atomic E-state index is 12.1. The number of methoxy groups -OCH3 is 1. The van der Waals surface area contributed by atoms with Crippen LogP contribution in [0.5, 0.6) is 17.2 Å². The third-order valence-corrected chi connectivity index (χ3v) is 3.70. The van der Waals surface area contributed by atoms with Crippen LogP contribution in [0.25, 0.3) is 0 Å². The Morgan fingerprint density at radius 2 is 1.71 bits per heavy atom. The molecule has 0 radical (unpaired) electrons. The number of carbonyl (C=O) groups is 1. The Bertz CT molecular complexity index is 682. The molecule has 1 N–H and O–H groups in total. The van der Waals surface area contributed by atoms with Gasteiger partial charge in [-0.25, -0.2) is 4.79 Å². The van der Waals surface area contributed by atoms with E-state index in [1.165, 1.54) is 0 Å². The van der Waals surface area contributed by atoms with E-state index in [4.69, 9.17) is 14.2 Å². The first-order chi connectivity index (χ1) is 11.8. The molecular formula is C18H20N2O4. The molecule has 3 rings (SSSR count). The number of carbonyl (C=O) groups excluding carboxylic acids is 1. The molecule has 0 atom stereocenters. The van der Waals surface area contributed by atoms with Crippen molar-refractivity contribution in [3.63, 3.8) is 0 Å². The van der Waals surface area contributed by atoms with Gasteiger partial charge < -0.3 is 24.4 Å². The van der Waals surface area contributed by atoms with Gasteiger partial charge in [-0.1, -0.05) is 12.1 Å². The van der Waals surface area contributed by atoms with Gasteiger partial charge in [0, 0.05) is 18.8 Å². The van der Waals surface area contributed by atoms with Gasteiger partial charge in [-0.3, -0.25) is 0 Å². The summed E-state index contributed by atoms with van der Waals surface area (Å²) >= 11 is 0. The lowest BCUT2D eigenvalue weighted by molar-refractivity contribution is 0.0564. The highest BCUT2D eigenvalue weighted by Crippen LogP contribution is 2.31. The number of hydrogen-bond acceptors (Lipinski definition) is 4. The molecule has 24 heavy (non-hydrogen) atoms. The molecule has 0 aromatic heterocycles. The van der Waals surface area contributed by atoms with E-state index in [0.29, 0.717) is 43.6 Å². The second-order valence-corrected chi connectivity index (χ2v) is 5.31. The van der Waals surface area contributed by atoms with Gasteiger partial charge in [-0.2, -0.15) is 0 Å². The maximum Gasteiger partial charge on any atom is 0.321 e. The third kappa shape index (κ3) is 3.97. The molecular weight excluding hydrogens is 308 g/mol. The molecule has 0 unspecified atom stereocenters. The van der Waals surface area contributed by atoms with Crippen LogP contribution < -0.4 is 14.8 Å². The number of para-hydroxylation sites is 2. The Kier molecular flexibility index (Phi) is 5.18. The first-order valence-electron chi connectivity index (χ1n) is 7.81. The van der Waals surface area contributed by atoms with E-state index in [0.717, 1.165) is 5.69 Å². The summed E-state index contributed by atoms with van der Waals surface area (Å²) in [7, 11) is 1.60. The second kappa shape index (κ2) is 7.70. The average Bonchev–Trinajstić information content (AvgIpc) is 2.64. The van der Waals surface area contributed by atoms with Gasteiger partial charge in [0.05, 0.1) is 20.3 Å². The Morgan fingerprint density at radius 3 is 2.38 bits per heavy atom. The molecule has 1 fully saturated rings. The zero-order valence-electron chi connectivity index (χ0n) is 13.5. The van der Waals surface area contributed by atoms with Crippen LogP contribution in [0.4, 0.5) is 10.5 Å². The minimum Gasteiger partial charge on any atom is -0.493 e. The number of anilines is 1. The summed E-state index contributed by atoms with van der Waals surface area (Å²) in [6.45, 7) is 2.39. The largest absolute Gasteiger partial charge is 0.493 e. The molecule has 2 amide bonds. The van der Waals surface area contributed by atoms with Crippen molar-refractivity contribution < 1.29 is 19.0 Å². The van der Waals surface area contributed by atoms with Crippen LogP contribution in [0.15, 0.2) is 48.5 Å². The van der Waals surface area contributed by atoms with E-state index in [1.807, 2.05) is 36.4 Å². The Morgan fingerprint density at radius 1 is 1.04 bits per heavy atom. The summed E-state index contributed by atoms with van der Waals surface area (Å²) in [6.07, 6.45) is 0. The van der Waals surface area contributed by atoms with E-state index >= 15 is 0 Å². The van der Waals surface area contributed by atoms with Gasteiger partial charge >= 0.3 is 6.03 Å². The fourth-order valence-electron chi connectivity index (χ4n) is 2.41. The maximum atomic E-state index is 12.1. The standard InChI is InChI=1S/C18H20N2O4/c1-22-16-4-2-3-5-17(16)24-15-8-6-14(7-9-15)19-18(21)20-10-12-23-13-11-20/h2-9H,10-13H2,1H3,(H,19,21). The number of nitrogens with zero attached hydrogens (tertiary/aromatic N) is 1. The van der Waals surface area contributed by atoms with E-state index < -0.39 is 0 Å². The van der Waals surface area contributed by atoms with Crippen molar-refractivity contribution >= 4 is 11.7 Å². The lowest BCUT2D eigenvalue weighted by atomic mass is 10.3. The lowest BCUT2D eigenvalue weighted by Crippen LogP contribution is -2.43. The van der Waals surface area contributed by atoms with Crippen molar-refractivity contribution in [2.45, 2.75) is 0 Å². The fraction of sp³-hybridized carbons (Fsp3) is 0.278. The van der Waals surface area contributed by atoms with Crippen LogP contribution in [0, 0.1) is 0 Å². The van der Waals surface area contributed by atoms with Crippen LogP contribution in [-0.4, -0.2) is 44.3 Å². The zero-order valence-corrected chi connectivity index (χ0v) is 13.5. The van der Waals surface area contributed by atoms with Crippen molar-refractivity contribution in [1.29, 1.82) is 0 Å². The monoisotopic (exact) mass is 328 g/mol. The zero-order chi connectivity index (χ0) is 16.8. The summed E-state index contributed by atoms with van der Waals surface area (Å²) in [5, 5.41) is 2.88. The first-order valence-corrected chi connectivity index (χ1v) is 7.81. The number of benzene rings is 2. The number of amides is 2. The number of rotatable bonds is 4. The third-order valence-electron chi connectivity index (χ3n) is 3.70. The van der Waals surface area contributed by atoms with Gasteiger partial charge in [-0.05, 0) is 36.4 Å². The molecule has 0 saturated carbocycles. The van der Waals surface area contributed by atoms with E-state index in [2.05, 4.69) is 5.32 Å². The van der Waals surface area contributed by atoms with Gasteiger partial charge in [0.1, 0.15) is 5.75 Å². The summed E-state index contributed by atoms with van der Waals surface area (Å²) in [4.78, 5) is 13.9. The number of urea groups is 1. The van der Waals surface area contributed by atoms with Crippen LogP contribution in [0.2, 0.25) is 0 Å². The quantitative estimate of drug-likeness (QED) is 0.935. The van der Waals surface area contributed by atoms with E-state index in [-0.39, 0.29) is 6.03 Å². The molecule has 1 aliphatic rings. The number of morpholine rings is 1. The topological polar surface area (TPSA) is 60.0 Å². The molecule has 6 nitrogen and oxygen atoms in total. The van der Waals surface area contributed by atoms with Crippen molar-refractivity contribution in [2.24, 2.45) is 0 Å². The predicted octanol–water partition coefficient (Wildman–Crippen LogP) is 3.35. The van der Waals surface area contributed by atoms with Gasteiger partial charge in [0.15, 0.2) is 11.5 Å². The Hall–Kier alpha value is -2.73. The molecule has 1 heterocycles. The van der Waals surface area contributed by atoms with Crippen molar-refractivity contribution in [1.82, 2.24) is 4.90 Å². The van der Waals surface area contributed by atoms with Gasteiger partial charge in [0.2, 0.25) is 0 Å². The molecule has 1 aliphatic heterocycles. The van der Waals surface area contributed by atoms with Crippen LogP contribution in [0.1, 0.15) is 0 Å². The number of nitrogens with one attached hydrogen (secondary N) is 1.